The molecule has 0 unspecified atom stereocenters. The van der Waals surface area contributed by atoms with Crippen LogP contribution in [-0.4, -0.2) is 6.79 Å². The molecule has 0 fully saturated rings. The van der Waals surface area contributed by atoms with Crippen LogP contribution in [0.3, 0.4) is 0 Å². The zero-order valence-corrected chi connectivity index (χ0v) is 10.3. The van der Waals surface area contributed by atoms with Gasteiger partial charge in [-0.1, -0.05) is 0 Å². The number of carbonyl (C=O) groups excluding carboxylic acids is 1. The molecule has 0 spiro atoms. The molecule has 1 radical (unpaired) electrons. The standard InChI is InChI=1S/CHO.Pt.Re.Zn/c1-2;;;/h1H;;;/q-1;;;. The second-order valence-corrected chi connectivity index (χ2v) is 0. The Balaban J connectivity index is -0.00000000167. The first-order valence-corrected chi connectivity index (χ1v) is 0.236. The third-order valence-corrected chi connectivity index (χ3v) is 0. The summed E-state index contributed by atoms with van der Waals surface area (Å²) in [6.45, 7) is 3.25. The Labute approximate surface area is 72.0 Å². The smallest absolute Gasteiger partial charge is 0 e. The van der Waals surface area contributed by atoms with Crippen LogP contribution in [0.2, 0.25) is 0 Å². The van der Waals surface area contributed by atoms with Crippen LogP contribution >= 0.6 is 0 Å². The van der Waals surface area contributed by atoms with Gasteiger partial charge in [-0.05, 0) is 0 Å². The van der Waals surface area contributed by atoms with Crippen LogP contribution in [0.5, 0.6) is 0 Å². The van der Waals surface area contributed by atoms with Gasteiger partial charge in [0.25, 0.3) is 0 Å². The molecule has 0 aliphatic heterocycles. The summed E-state index contributed by atoms with van der Waals surface area (Å²) in [7, 11) is 0. The minimum absolute atomic E-state index is 0. The van der Waals surface area contributed by atoms with Gasteiger partial charge in [-0.25, -0.2) is 0 Å². The summed E-state index contributed by atoms with van der Waals surface area (Å²) in [4.78, 5) is 7.75. The van der Waals surface area contributed by atoms with E-state index < -0.39 is 0 Å². The molecule has 0 heterocycles. The molecular weight excluding hydrogens is 475 g/mol. The molecule has 0 aromatic heterocycles. The topological polar surface area (TPSA) is 17.1 Å². The van der Waals surface area contributed by atoms with Gasteiger partial charge in [-0.15, -0.1) is 0 Å². The minimum atomic E-state index is 0. The van der Waals surface area contributed by atoms with E-state index >= 15 is 0 Å². The molecule has 5 heavy (non-hydrogen) atoms. The molecule has 0 N–H and O–H groups in total. The van der Waals surface area contributed by atoms with Crippen molar-refractivity contribution < 1.29 is 65.8 Å². The molecule has 0 saturated carbocycles. The van der Waals surface area contributed by atoms with Crippen LogP contribution in [0.4, 0.5) is 0 Å². The van der Waals surface area contributed by atoms with Gasteiger partial charge in [-0.2, -0.15) is 0 Å². The number of rotatable bonds is 0. The molecule has 0 aromatic carbocycles. The van der Waals surface area contributed by atoms with Gasteiger partial charge in [0.1, 0.15) is 0 Å². The Bertz CT molecular complexity index is 11.6. The van der Waals surface area contributed by atoms with E-state index in [2.05, 4.69) is 6.79 Å². The number of hydrogen-bond donors (Lipinski definition) is 0. The van der Waals surface area contributed by atoms with E-state index in [-0.39, 0.29) is 61.0 Å². The molecule has 1 nitrogen and oxygen atoms in total. The zero-order chi connectivity index (χ0) is 2.00. The van der Waals surface area contributed by atoms with Crippen molar-refractivity contribution in [2.24, 2.45) is 0 Å². The van der Waals surface area contributed by atoms with Crippen molar-refractivity contribution in [2.75, 3.05) is 0 Å². The Morgan fingerprint density at radius 2 is 1.20 bits per heavy atom. The largest absolute Gasteiger partial charge is 0.545 e. The molecule has 0 saturated heterocycles. The summed E-state index contributed by atoms with van der Waals surface area (Å²) in [5.41, 5.74) is 0. The molecule has 0 aromatic rings. The van der Waals surface area contributed by atoms with E-state index in [4.69, 9.17) is 4.79 Å². The third kappa shape index (κ3) is 27.7. The van der Waals surface area contributed by atoms with Crippen molar-refractivity contribution in [3.63, 3.8) is 0 Å². The zero-order valence-electron chi connectivity index (χ0n) is 2.39. The molecular formula is CHOPtReZn-. The van der Waals surface area contributed by atoms with Gasteiger partial charge in [0.2, 0.25) is 0 Å². The van der Waals surface area contributed by atoms with Crippen molar-refractivity contribution in [3.05, 3.63) is 0 Å². The summed E-state index contributed by atoms with van der Waals surface area (Å²) in [5.74, 6) is 0. The Morgan fingerprint density at radius 1 is 1.20 bits per heavy atom. The molecule has 0 amide bonds. The van der Waals surface area contributed by atoms with Crippen molar-refractivity contribution in [1.82, 2.24) is 0 Å². The average molecular weight is 476 g/mol. The van der Waals surface area contributed by atoms with Crippen LogP contribution < -0.4 is 0 Å². The van der Waals surface area contributed by atoms with Gasteiger partial charge >= 0.3 is 0 Å². The summed E-state index contributed by atoms with van der Waals surface area (Å²) >= 11 is 0. The van der Waals surface area contributed by atoms with Gasteiger partial charge in [0.15, 0.2) is 0 Å². The van der Waals surface area contributed by atoms with Gasteiger partial charge < -0.3 is 4.79 Å². The fourth-order valence-corrected chi connectivity index (χ4v) is 0. The first kappa shape index (κ1) is 30.3. The van der Waals surface area contributed by atoms with Crippen LogP contribution in [-0.2, 0) is 65.8 Å². The molecule has 4 heteroatoms. The molecule has 31 valence electrons. The summed E-state index contributed by atoms with van der Waals surface area (Å²) < 4.78 is 0. The maximum atomic E-state index is 7.75. The van der Waals surface area contributed by atoms with E-state index in [9.17, 15) is 0 Å². The first-order chi connectivity index (χ1) is 1.00. The normalized spacial score (nSPS) is 0.800. The third-order valence-electron chi connectivity index (χ3n) is 0. The van der Waals surface area contributed by atoms with Crippen molar-refractivity contribution in [3.8, 4) is 0 Å². The summed E-state index contributed by atoms with van der Waals surface area (Å²) in [6.07, 6.45) is 0. The van der Waals surface area contributed by atoms with Gasteiger partial charge in [0, 0.05) is 61.0 Å². The van der Waals surface area contributed by atoms with Crippen LogP contribution in [0.25, 0.3) is 0 Å². The average Bonchev–Trinajstić information content (AvgIpc) is 1.00. The predicted molar refractivity (Wildman–Crippen MR) is 6.75 cm³/mol. The maximum absolute atomic E-state index is 7.75. The predicted octanol–water partition coefficient (Wildman–Crippen LogP) is -0.282. The van der Waals surface area contributed by atoms with Crippen molar-refractivity contribution in [2.45, 2.75) is 0 Å². The summed E-state index contributed by atoms with van der Waals surface area (Å²) in [6, 6.07) is 0. The SMILES string of the molecule is [CH-]=O.[Pt].[Re].[Zn]. The van der Waals surface area contributed by atoms with Crippen LogP contribution in [0.15, 0.2) is 0 Å². The molecule has 0 rings (SSSR count). The van der Waals surface area contributed by atoms with Crippen molar-refractivity contribution >= 4 is 6.79 Å². The number of hydrogen-bond acceptors (Lipinski definition) is 1. The Kier molecular flexibility index (Phi) is 273. The maximum Gasteiger partial charge on any atom is 0 e. The second-order valence-electron chi connectivity index (χ2n) is 0. The molecule has 0 atom stereocenters. The first-order valence-electron chi connectivity index (χ1n) is 0.236. The fourth-order valence-electron chi connectivity index (χ4n) is 0. The van der Waals surface area contributed by atoms with Gasteiger partial charge in [0.05, 0.1) is 0 Å². The van der Waals surface area contributed by atoms with E-state index in [1.165, 1.54) is 0 Å². The fraction of sp³-hybridized carbons (Fsp3) is 0. The molecule has 0 aliphatic carbocycles. The van der Waals surface area contributed by atoms with Crippen LogP contribution in [0, 0.1) is 0 Å². The molecule has 0 bridgehead atoms. The van der Waals surface area contributed by atoms with E-state index in [0.29, 0.717) is 0 Å². The quantitative estimate of drug-likeness (QED) is 0.268. The minimum Gasteiger partial charge on any atom is -0.545 e. The van der Waals surface area contributed by atoms with E-state index in [0.717, 1.165) is 0 Å². The second kappa shape index (κ2) is 45.0. The summed E-state index contributed by atoms with van der Waals surface area (Å²) in [5, 5.41) is 0. The molecule has 0 aliphatic rings. The van der Waals surface area contributed by atoms with Gasteiger partial charge in [-0.3, -0.25) is 6.79 Å². The van der Waals surface area contributed by atoms with E-state index in [1.54, 1.807) is 0 Å². The Morgan fingerprint density at radius 3 is 1.20 bits per heavy atom. The monoisotopic (exact) mass is 475 g/mol. The van der Waals surface area contributed by atoms with E-state index in [1.807, 2.05) is 0 Å². The van der Waals surface area contributed by atoms with Crippen LogP contribution in [0.1, 0.15) is 0 Å². The Hall–Kier alpha value is 1.64. The van der Waals surface area contributed by atoms with Crippen molar-refractivity contribution in [1.29, 1.82) is 0 Å².